The molecule has 1 unspecified atom stereocenters. The summed E-state index contributed by atoms with van der Waals surface area (Å²) in [5.41, 5.74) is 6.83. The Morgan fingerprint density at radius 1 is 1.22 bits per heavy atom. The maximum absolute atomic E-state index is 12.6. The summed E-state index contributed by atoms with van der Waals surface area (Å²) in [7, 11) is 0. The molecule has 2 amide bonds. The molecule has 138 valence electrons. The summed E-state index contributed by atoms with van der Waals surface area (Å²) in [6.07, 6.45) is 1.40. The average Bonchev–Trinajstić information content (AvgIpc) is 2.91. The van der Waals surface area contributed by atoms with E-state index in [1.165, 1.54) is 12.3 Å². The number of benzene rings is 2. The monoisotopic (exact) mass is 446 g/mol. The van der Waals surface area contributed by atoms with Crippen molar-refractivity contribution >= 4 is 56.6 Å². The number of imide groups is 1. The number of para-hydroxylation sites is 1. The number of aromatic hydroxyl groups is 1. The van der Waals surface area contributed by atoms with E-state index in [0.29, 0.717) is 11.3 Å². The maximum Gasteiger partial charge on any atom is 0.247 e. The normalized spacial score (nSPS) is 17.9. The molecule has 3 N–H and O–H groups in total. The van der Waals surface area contributed by atoms with Crippen molar-refractivity contribution in [3.8, 4) is 5.75 Å². The fraction of sp³-hybridized carbons (Fsp3) is 0.111. The van der Waals surface area contributed by atoms with Crippen LogP contribution < -0.4 is 10.6 Å². The molecule has 0 aromatic heterocycles. The van der Waals surface area contributed by atoms with Crippen molar-refractivity contribution in [2.24, 2.45) is 15.9 Å². The molecule has 0 spiro atoms. The molecule has 1 aliphatic heterocycles. The predicted molar refractivity (Wildman–Crippen MR) is 110 cm³/mol. The maximum atomic E-state index is 12.6. The van der Waals surface area contributed by atoms with Crippen molar-refractivity contribution in [2.75, 3.05) is 4.90 Å². The molecule has 0 bridgehead atoms. The highest BCUT2D eigenvalue weighted by Crippen LogP contribution is 2.30. The van der Waals surface area contributed by atoms with Crippen LogP contribution in [-0.4, -0.2) is 33.6 Å². The minimum atomic E-state index is -0.648. The number of carbonyl (C=O) groups excluding carboxylic acids is 2. The van der Waals surface area contributed by atoms with Crippen LogP contribution in [0.2, 0.25) is 0 Å². The van der Waals surface area contributed by atoms with Crippen molar-refractivity contribution < 1.29 is 14.7 Å². The van der Waals surface area contributed by atoms with Crippen LogP contribution in [0.4, 0.5) is 5.69 Å². The molecular weight excluding hydrogens is 432 g/mol. The predicted octanol–water partition coefficient (Wildman–Crippen LogP) is 2.87. The van der Waals surface area contributed by atoms with Gasteiger partial charge in [0, 0.05) is 16.5 Å². The molecule has 0 saturated carbocycles. The number of halogens is 1. The Balaban J connectivity index is 1.67. The summed E-state index contributed by atoms with van der Waals surface area (Å²) in [5, 5.41) is 16.7. The minimum Gasteiger partial charge on any atom is -0.507 e. The highest BCUT2D eigenvalue weighted by atomic mass is 79.9. The number of phenols is 1. The molecular formula is C18H15BrN4O3S. The lowest BCUT2D eigenvalue weighted by molar-refractivity contribution is -0.121. The van der Waals surface area contributed by atoms with E-state index in [1.807, 2.05) is 0 Å². The van der Waals surface area contributed by atoms with E-state index < -0.39 is 5.25 Å². The second-order valence-corrected chi connectivity index (χ2v) is 7.73. The lowest BCUT2D eigenvalue weighted by Gasteiger charge is -2.14. The van der Waals surface area contributed by atoms with Gasteiger partial charge in [-0.15, -0.1) is 5.10 Å². The fourth-order valence-corrected chi connectivity index (χ4v) is 3.55. The summed E-state index contributed by atoms with van der Waals surface area (Å²) >= 11 is 4.31. The summed E-state index contributed by atoms with van der Waals surface area (Å²) in [6.45, 7) is 0. The van der Waals surface area contributed by atoms with Crippen molar-refractivity contribution in [3.63, 3.8) is 0 Å². The lowest BCUT2D eigenvalue weighted by atomic mass is 10.2. The highest BCUT2D eigenvalue weighted by Gasteiger charge is 2.40. The summed E-state index contributed by atoms with van der Waals surface area (Å²) in [5.74, 6) is -0.551. The number of rotatable bonds is 4. The number of hydrogen-bond donors (Lipinski definition) is 2. The van der Waals surface area contributed by atoms with Gasteiger partial charge in [-0.2, -0.15) is 5.10 Å². The van der Waals surface area contributed by atoms with Gasteiger partial charge in [-0.25, -0.2) is 4.90 Å². The van der Waals surface area contributed by atoms with Gasteiger partial charge in [-0.1, -0.05) is 39.8 Å². The van der Waals surface area contributed by atoms with Gasteiger partial charge in [-0.3, -0.25) is 9.59 Å². The first-order valence-electron chi connectivity index (χ1n) is 7.89. The Morgan fingerprint density at radius 3 is 2.63 bits per heavy atom. The van der Waals surface area contributed by atoms with Crippen LogP contribution in [0.3, 0.4) is 0 Å². The number of hydrogen-bond acceptors (Lipinski definition) is 6. The van der Waals surface area contributed by atoms with Gasteiger partial charge in [0.05, 0.1) is 11.9 Å². The van der Waals surface area contributed by atoms with Crippen LogP contribution in [0, 0.1) is 0 Å². The van der Waals surface area contributed by atoms with E-state index in [9.17, 15) is 14.7 Å². The van der Waals surface area contributed by atoms with Crippen LogP contribution in [0.15, 0.2) is 63.2 Å². The number of amides is 2. The quantitative estimate of drug-likeness (QED) is 0.324. The van der Waals surface area contributed by atoms with E-state index >= 15 is 0 Å². The average molecular weight is 447 g/mol. The third kappa shape index (κ3) is 4.55. The molecule has 1 atom stereocenters. The van der Waals surface area contributed by atoms with E-state index in [4.69, 9.17) is 5.73 Å². The van der Waals surface area contributed by atoms with Crippen molar-refractivity contribution in [1.29, 1.82) is 0 Å². The molecule has 1 fully saturated rings. The zero-order chi connectivity index (χ0) is 19.4. The van der Waals surface area contributed by atoms with Crippen molar-refractivity contribution in [2.45, 2.75) is 11.7 Å². The van der Waals surface area contributed by atoms with Crippen LogP contribution in [0.1, 0.15) is 12.0 Å². The highest BCUT2D eigenvalue weighted by molar-refractivity contribution is 9.10. The number of phenolic OH excluding ortho intramolecular Hbond substituents is 1. The largest absolute Gasteiger partial charge is 0.507 e. The molecule has 7 nitrogen and oxygen atoms in total. The smallest absolute Gasteiger partial charge is 0.247 e. The third-order valence-electron chi connectivity index (χ3n) is 3.74. The van der Waals surface area contributed by atoms with Gasteiger partial charge in [-0.05, 0) is 36.4 Å². The number of amidine groups is 1. The Bertz CT molecular complexity index is 930. The SMILES string of the molecule is NC(=NN=Cc1ccccc1O)SC1CC(=O)N(c2ccc(Br)cc2)C1=O. The number of thioether (sulfide) groups is 1. The zero-order valence-corrected chi connectivity index (χ0v) is 16.4. The molecule has 1 aliphatic rings. The van der Waals surface area contributed by atoms with E-state index in [-0.39, 0.29) is 29.2 Å². The molecule has 0 aliphatic carbocycles. The molecule has 3 rings (SSSR count). The van der Waals surface area contributed by atoms with Gasteiger partial charge in [0.1, 0.15) is 11.0 Å². The van der Waals surface area contributed by atoms with Crippen molar-refractivity contribution in [3.05, 3.63) is 58.6 Å². The number of carbonyl (C=O) groups is 2. The Labute approximate surface area is 168 Å². The number of nitrogens with two attached hydrogens (primary N) is 1. The summed E-state index contributed by atoms with van der Waals surface area (Å²) < 4.78 is 0.856. The van der Waals surface area contributed by atoms with Gasteiger partial charge in [0.2, 0.25) is 11.8 Å². The van der Waals surface area contributed by atoms with Crippen LogP contribution >= 0.6 is 27.7 Å². The van der Waals surface area contributed by atoms with E-state index in [0.717, 1.165) is 21.1 Å². The molecule has 1 saturated heterocycles. The second-order valence-electron chi connectivity index (χ2n) is 5.60. The lowest BCUT2D eigenvalue weighted by Crippen LogP contribution is -2.31. The fourth-order valence-electron chi connectivity index (χ4n) is 2.47. The molecule has 27 heavy (non-hydrogen) atoms. The first-order chi connectivity index (χ1) is 13.0. The van der Waals surface area contributed by atoms with Crippen LogP contribution in [0.25, 0.3) is 0 Å². The molecule has 1 heterocycles. The molecule has 0 radical (unpaired) electrons. The first-order valence-corrected chi connectivity index (χ1v) is 9.56. The Kier molecular flexibility index (Phi) is 5.92. The van der Waals surface area contributed by atoms with Gasteiger partial charge < -0.3 is 10.8 Å². The first kappa shape index (κ1) is 19.1. The summed E-state index contributed by atoms with van der Waals surface area (Å²) in [4.78, 5) is 26.0. The molecule has 9 heteroatoms. The summed E-state index contributed by atoms with van der Waals surface area (Å²) in [6, 6.07) is 13.6. The number of nitrogens with zero attached hydrogens (tertiary/aromatic N) is 3. The van der Waals surface area contributed by atoms with E-state index in [2.05, 4.69) is 26.1 Å². The minimum absolute atomic E-state index is 0.0406. The standard InChI is InChI=1S/C18H15BrN4O3S/c19-12-5-7-13(8-6-12)23-16(25)9-15(17(23)26)27-18(20)22-21-10-11-3-1-2-4-14(11)24/h1-8,10,15,24H,9H2,(H2,20,22). The van der Waals surface area contributed by atoms with Gasteiger partial charge >= 0.3 is 0 Å². The third-order valence-corrected chi connectivity index (χ3v) is 5.25. The number of anilines is 1. The molecule has 2 aromatic carbocycles. The topological polar surface area (TPSA) is 108 Å². The van der Waals surface area contributed by atoms with Crippen LogP contribution in [0.5, 0.6) is 5.75 Å². The Morgan fingerprint density at radius 2 is 1.93 bits per heavy atom. The van der Waals surface area contributed by atoms with Gasteiger partial charge in [0.25, 0.3) is 0 Å². The zero-order valence-electron chi connectivity index (χ0n) is 13.9. The Hall–Kier alpha value is -2.65. The van der Waals surface area contributed by atoms with Crippen molar-refractivity contribution in [1.82, 2.24) is 0 Å². The van der Waals surface area contributed by atoms with Gasteiger partial charge in [0.15, 0.2) is 5.17 Å². The van der Waals surface area contributed by atoms with Crippen LogP contribution in [-0.2, 0) is 9.59 Å². The van der Waals surface area contributed by atoms with E-state index in [1.54, 1.807) is 42.5 Å². The second kappa shape index (κ2) is 8.36. The molecule has 2 aromatic rings.